The van der Waals surface area contributed by atoms with E-state index >= 15 is 0 Å². The first-order valence-electron chi connectivity index (χ1n) is 6.84. The highest BCUT2D eigenvalue weighted by molar-refractivity contribution is 7.86. The maximum absolute atomic E-state index is 12.7. The van der Waals surface area contributed by atoms with Gasteiger partial charge in [-0.25, -0.2) is 0 Å². The topological polar surface area (TPSA) is 59.1 Å². The van der Waals surface area contributed by atoms with Crippen LogP contribution in [0.3, 0.4) is 0 Å². The summed E-state index contributed by atoms with van der Waals surface area (Å²) in [7, 11) is -3.43. The largest absolute Gasteiger partial charge is 0.375 e. The Morgan fingerprint density at radius 3 is 2.11 bits per heavy atom. The molecule has 0 spiro atoms. The lowest BCUT2D eigenvalue weighted by Crippen LogP contribution is -2.58. The molecule has 112 valence electrons. The second-order valence-electron chi connectivity index (χ2n) is 5.64. The van der Waals surface area contributed by atoms with Gasteiger partial charge in [0.05, 0.1) is 24.9 Å². The highest BCUT2D eigenvalue weighted by Crippen LogP contribution is 2.22. The lowest BCUT2D eigenvalue weighted by molar-refractivity contribution is -0.0507. The Hall–Kier alpha value is -0.210. The zero-order valence-corrected chi connectivity index (χ0v) is 12.9. The molecule has 0 bridgehead atoms. The first kappa shape index (κ1) is 15.2. The molecule has 0 radical (unpaired) electrons. The van der Waals surface area contributed by atoms with Crippen LogP contribution in [-0.2, 0) is 19.7 Å². The Kier molecular flexibility index (Phi) is 4.52. The zero-order valence-electron chi connectivity index (χ0n) is 12.1. The van der Waals surface area contributed by atoms with Crippen LogP contribution in [0, 0.1) is 0 Å². The number of hydrogen-bond donors (Lipinski definition) is 0. The summed E-state index contributed by atoms with van der Waals surface area (Å²) >= 11 is 0. The van der Waals surface area contributed by atoms with E-state index in [4.69, 9.17) is 9.47 Å². The standard InChI is InChI=1S/C12H24N2O4S/c1-9-8-17-10(2)7-14(9)19(15,16)13-5-11(3)18-12(4)6-13/h9-12H,5-8H2,1-4H3/t9-,10+,11-,12-/m0/s1. The molecule has 0 unspecified atom stereocenters. The van der Waals surface area contributed by atoms with Gasteiger partial charge in [-0.05, 0) is 27.7 Å². The smallest absolute Gasteiger partial charge is 0.282 e. The van der Waals surface area contributed by atoms with Crippen molar-refractivity contribution in [1.82, 2.24) is 8.61 Å². The van der Waals surface area contributed by atoms with E-state index in [2.05, 4.69) is 0 Å². The molecule has 7 heteroatoms. The minimum atomic E-state index is -3.43. The molecule has 4 atom stereocenters. The van der Waals surface area contributed by atoms with Gasteiger partial charge in [-0.1, -0.05) is 0 Å². The molecule has 2 saturated heterocycles. The Balaban J connectivity index is 2.16. The van der Waals surface area contributed by atoms with Crippen LogP contribution in [0.1, 0.15) is 27.7 Å². The maximum Gasteiger partial charge on any atom is 0.282 e. The minimum absolute atomic E-state index is 0.0538. The van der Waals surface area contributed by atoms with E-state index < -0.39 is 10.2 Å². The third kappa shape index (κ3) is 3.28. The van der Waals surface area contributed by atoms with Crippen molar-refractivity contribution in [3.05, 3.63) is 0 Å². The molecule has 0 aromatic rings. The molecule has 2 aliphatic heterocycles. The highest BCUT2D eigenvalue weighted by atomic mass is 32.2. The van der Waals surface area contributed by atoms with E-state index in [-0.39, 0.29) is 24.4 Å². The van der Waals surface area contributed by atoms with Crippen molar-refractivity contribution >= 4 is 10.2 Å². The van der Waals surface area contributed by atoms with Crippen LogP contribution in [-0.4, -0.2) is 67.6 Å². The summed E-state index contributed by atoms with van der Waals surface area (Å²) in [5, 5.41) is 0. The van der Waals surface area contributed by atoms with Gasteiger partial charge in [0.15, 0.2) is 0 Å². The lowest BCUT2D eigenvalue weighted by atomic mass is 10.2. The maximum atomic E-state index is 12.7. The Labute approximate surface area is 115 Å². The fourth-order valence-corrected chi connectivity index (χ4v) is 4.67. The van der Waals surface area contributed by atoms with Crippen LogP contribution >= 0.6 is 0 Å². The molecule has 2 rings (SSSR count). The zero-order chi connectivity index (χ0) is 14.2. The summed E-state index contributed by atoms with van der Waals surface area (Å²) in [5.41, 5.74) is 0. The van der Waals surface area contributed by atoms with Crippen molar-refractivity contribution in [1.29, 1.82) is 0 Å². The summed E-state index contributed by atoms with van der Waals surface area (Å²) in [6.45, 7) is 9.32. The number of morpholine rings is 2. The fraction of sp³-hybridized carbons (Fsp3) is 1.00. The van der Waals surface area contributed by atoms with Crippen LogP contribution in [0.5, 0.6) is 0 Å². The number of ether oxygens (including phenoxy) is 2. The minimum Gasteiger partial charge on any atom is -0.375 e. The lowest BCUT2D eigenvalue weighted by Gasteiger charge is -2.41. The summed E-state index contributed by atoms with van der Waals surface area (Å²) in [6.07, 6.45) is -0.179. The Bertz CT molecular complexity index is 404. The fourth-order valence-electron chi connectivity index (χ4n) is 2.66. The normalized spacial score (nSPS) is 39.4. The average Bonchev–Trinajstić information content (AvgIpc) is 2.31. The van der Waals surface area contributed by atoms with E-state index in [0.717, 1.165) is 0 Å². The van der Waals surface area contributed by atoms with E-state index in [0.29, 0.717) is 26.2 Å². The summed E-state index contributed by atoms with van der Waals surface area (Å²) in [5.74, 6) is 0. The van der Waals surface area contributed by atoms with E-state index in [9.17, 15) is 8.42 Å². The van der Waals surface area contributed by atoms with Crippen molar-refractivity contribution in [3.63, 3.8) is 0 Å². The first-order chi connectivity index (χ1) is 8.80. The molecule has 2 aliphatic rings. The van der Waals surface area contributed by atoms with Gasteiger partial charge in [-0.2, -0.15) is 17.0 Å². The van der Waals surface area contributed by atoms with Gasteiger partial charge in [0.25, 0.3) is 10.2 Å². The van der Waals surface area contributed by atoms with Crippen molar-refractivity contribution in [2.45, 2.75) is 52.0 Å². The van der Waals surface area contributed by atoms with Crippen molar-refractivity contribution < 1.29 is 17.9 Å². The molecule has 2 fully saturated rings. The highest BCUT2D eigenvalue weighted by Gasteiger charge is 2.39. The quantitative estimate of drug-likeness (QED) is 0.741. The van der Waals surface area contributed by atoms with Gasteiger partial charge in [0.1, 0.15) is 0 Å². The van der Waals surface area contributed by atoms with E-state index in [1.165, 1.54) is 0 Å². The molecular formula is C12H24N2O4S. The Morgan fingerprint density at radius 2 is 1.53 bits per heavy atom. The van der Waals surface area contributed by atoms with E-state index in [1.807, 2.05) is 27.7 Å². The predicted molar refractivity (Wildman–Crippen MR) is 72.1 cm³/mol. The number of nitrogens with zero attached hydrogens (tertiary/aromatic N) is 2. The number of rotatable bonds is 2. The van der Waals surface area contributed by atoms with Crippen LogP contribution in [0.15, 0.2) is 0 Å². The summed E-state index contributed by atoms with van der Waals surface area (Å²) < 4.78 is 39.7. The average molecular weight is 292 g/mol. The molecule has 0 N–H and O–H groups in total. The molecule has 19 heavy (non-hydrogen) atoms. The van der Waals surface area contributed by atoms with Gasteiger partial charge in [0.2, 0.25) is 0 Å². The van der Waals surface area contributed by atoms with Crippen LogP contribution in [0.4, 0.5) is 0 Å². The monoisotopic (exact) mass is 292 g/mol. The van der Waals surface area contributed by atoms with E-state index in [1.54, 1.807) is 8.61 Å². The molecule has 0 amide bonds. The van der Waals surface area contributed by atoms with Crippen molar-refractivity contribution in [2.75, 3.05) is 26.2 Å². The van der Waals surface area contributed by atoms with Gasteiger partial charge in [-0.15, -0.1) is 0 Å². The number of hydrogen-bond acceptors (Lipinski definition) is 4. The second kappa shape index (κ2) is 5.65. The third-order valence-corrected chi connectivity index (χ3v) is 5.61. The molecule has 6 nitrogen and oxygen atoms in total. The molecular weight excluding hydrogens is 268 g/mol. The molecule has 0 aliphatic carbocycles. The van der Waals surface area contributed by atoms with Gasteiger partial charge in [0, 0.05) is 25.7 Å². The second-order valence-corrected chi connectivity index (χ2v) is 7.53. The van der Waals surface area contributed by atoms with Gasteiger partial charge < -0.3 is 9.47 Å². The van der Waals surface area contributed by atoms with Crippen molar-refractivity contribution in [2.24, 2.45) is 0 Å². The first-order valence-corrected chi connectivity index (χ1v) is 8.24. The van der Waals surface area contributed by atoms with Crippen molar-refractivity contribution in [3.8, 4) is 0 Å². The molecule has 0 saturated carbocycles. The van der Waals surface area contributed by atoms with Gasteiger partial charge in [-0.3, -0.25) is 0 Å². The summed E-state index contributed by atoms with van der Waals surface area (Å²) in [4.78, 5) is 0. The Morgan fingerprint density at radius 1 is 0.947 bits per heavy atom. The summed E-state index contributed by atoms with van der Waals surface area (Å²) in [6, 6.07) is -0.116. The molecule has 0 aromatic carbocycles. The molecule has 0 aromatic heterocycles. The predicted octanol–water partition coefficient (Wildman–Crippen LogP) is 0.450. The van der Waals surface area contributed by atoms with Gasteiger partial charge >= 0.3 is 0 Å². The van der Waals surface area contributed by atoms with Crippen LogP contribution < -0.4 is 0 Å². The molecule has 2 heterocycles. The third-order valence-electron chi connectivity index (χ3n) is 3.56. The van der Waals surface area contributed by atoms with Crippen LogP contribution in [0.2, 0.25) is 0 Å². The van der Waals surface area contributed by atoms with Crippen LogP contribution in [0.25, 0.3) is 0 Å². The SMILES string of the molecule is C[C@@H]1CN(S(=O)(=O)N2C[C@H](C)O[C@@H](C)C2)[C@@H](C)CO1.